The largest absolute Gasteiger partial charge is 0.395 e. The molecule has 2 atom stereocenters. The zero-order chi connectivity index (χ0) is 7.40. The highest BCUT2D eigenvalue weighted by atomic mass is 16.5. The van der Waals surface area contributed by atoms with Crippen LogP contribution in [0.15, 0.2) is 0 Å². The highest BCUT2D eigenvalue weighted by Crippen LogP contribution is 2.11. The Morgan fingerprint density at radius 2 is 2.50 bits per heavy atom. The molecule has 0 bridgehead atoms. The van der Waals surface area contributed by atoms with Crippen molar-refractivity contribution in [3.05, 3.63) is 0 Å². The highest BCUT2D eigenvalue weighted by Gasteiger charge is 2.22. The number of hydrogen-bond acceptors (Lipinski definition) is 3. The van der Waals surface area contributed by atoms with Gasteiger partial charge in [0, 0.05) is 19.2 Å². The molecule has 0 unspecified atom stereocenters. The lowest BCUT2D eigenvalue weighted by molar-refractivity contribution is 0.112. The van der Waals surface area contributed by atoms with E-state index in [9.17, 15) is 0 Å². The molecule has 3 nitrogen and oxygen atoms in total. The molecule has 1 saturated heterocycles. The van der Waals surface area contributed by atoms with E-state index in [1.54, 1.807) is 0 Å². The maximum atomic E-state index is 8.51. The minimum absolute atomic E-state index is 0.212. The van der Waals surface area contributed by atoms with E-state index >= 15 is 0 Å². The zero-order valence-electron chi connectivity index (χ0n) is 6.34. The van der Waals surface area contributed by atoms with Gasteiger partial charge in [-0.15, -0.1) is 0 Å². The summed E-state index contributed by atoms with van der Waals surface area (Å²) in [5, 5.41) is 11.7. The number of aliphatic hydroxyl groups is 1. The molecule has 0 amide bonds. The van der Waals surface area contributed by atoms with Crippen LogP contribution in [0.25, 0.3) is 0 Å². The van der Waals surface area contributed by atoms with Gasteiger partial charge in [-0.25, -0.2) is 0 Å². The number of rotatable bonds is 3. The molecule has 1 aliphatic rings. The van der Waals surface area contributed by atoms with Crippen LogP contribution in [-0.2, 0) is 4.74 Å². The molecule has 0 spiro atoms. The summed E-state index contributed by atoms with van der Waals surface area (Å²) < 4.78 is 5.32. The Balaban J connectivity index is 2.14. The van der Waals surface area contributed by atoms with Gasteiger partial charge in [0.05, 0.1) is 12.7 Å². The van der Waals surface area contributed by atoms with Crippen molar-refractivity contribution in [1.29, 1.82) is 0 Å². The third-order valence-corrected chi connectivity index (χ3v) is 1.89. The summed E-state index contributed by atoms with van der Waals surface area (Å²) in [6, 6.07) is 0.451. The molecule has 0 radical (unpaired) electrons. The van der Waals surface area contributed by atoms with Crippen molar-refractivity contribution in [2.75, 3.05) is 19.8 Å². The first kappa shape index (κ1) is 7.98. The molecule has 1 aliphatic heterocycles. The predicted octanol–water partition coefficient (Wildman–Crippen LogP) is -0.254. The Labute approximate surface area is 61.4 Å². The topological polar surface area (TPSA) is 41.5 Å². The van der Waals surface area contributed by atoms with E-state index in [0.29, 0.717) is 18.7 Å². The summed E-state index contributed by atoms with van der Waals surface area (Å²) in [4.78, 5) is 0. The van der Waals surface area contributed by atoms with Gasteiger partial charge in [0.15, 0.2) is 0 Å². The van der Waals surface area contributed by atoms with Gasteiger partial charge in [0.2, 0.25) is 0 Å². The first-order valence-electron chi connectivity index (χ1n) is 3.80. The van der Waals surface area contributed by atoms with Gasteiger partial charge in [-0.1, -0.05) is 0 Å². The minimum atomic E-state index is 0.212. The van der Waals surface area contributed by atoms with E-state index in [1.807, 2.05) is 0 Å². The van der Waals surface area contributed by atoms with Crippen molar-refractivity contribution in [3.63, 3.8) is 0 Å². The molecule has 0 aromatic rings. The SMILES string of the molecule is C[C@@H]1OCC[C@H]1NCCO. The molecule has 1 rings (SSSR count). The van der Waals surface area contributed by atoms with Crippen molar-refractivity contribution in [2.45, 2.75) is 25.5 Å². The van der Waals surface area contributed by atoms with Crippen molar-refractivity contribution in [3.8, 4) is 0 Å². The standard InChI is InChI=1S/C7H15NO2/c1-6-7(2-5-10-6)8-3-4-9/h6-9H,2-5H2,1H3/t6-,7+/m0/s1. The van der Waals surface area contributed by atoms with Crippen LogP contribution >= 0.6 is 0 Å². The number of ether oxygens (including phenoxy) is 1. The highest BCUT2D eigenvalue weighted by molar-refractivity contribution is 4.78. The van der Waals surface area contributed by atoms with E-state index in [0.717, 1.165) is 13.0 Å². The molecule has 1 heterocycles. The van der Waals surface area contributed by atoms with Crippen LogP contribution in [0.3, 0.4) is 0 Å². The van der Waals surface area contributed by atoms with E-state index < -0.39 is 0 Å². The maximum Gasteiger partial charge on any atom is 0.0700 e. The van der Waals surface area contributed by atoms with Crippen LogP contribution in [-0.4, -0.2) is 37.0 Å². The van der Waals surface area contributed by atoms with Gasteiger partial charge < -0.3 is 15.2 Å². The van der Waals surface area contributed by atoms with Crippen LogP contribution in [0.4, 0.5) is 0 Å². The summed E-state index contributed by atoms with van der Waals surface area (Å²) in [6.07, 6.45) is 1.38. The Bertz CT molecular complexity index is 97.6. The summed E-state index contributed by atoms with van der Waals surface area (Å²) in [7, 11) is 0. The smallest absolute Gasteiger partial charge is 0.0700 e. The van der Waals surface area contributed by atoms with Crippen LogP contribution in [0, 0.1) is 0 Å². The second-order valence-corrected chi connectivity index (χ2v) is 2.65. The van der Waals surface area contributed by atoms with Crippen molar-refractivity contribution >= 4 is 0 Å². The molecule has 1 fully saturated rings. The molecule has 0 saturated carbocycles. The summed E-state index contributed by atoms with van der Waals surface area (Å²) >= 11 is 0. The van der Waals surface area contributed by atoms with Crippen LogP contribution in [0.5, 0.6) is 0 Å². The van der Waals surface area contributed by atoms with E-state index in [1.165, 1.54) is 0 Å². The van der Waals surface area contributed by atoms with Gasteiger partial charge >= 0.3 is 0 Å². The molecule has 2 N–H and O–H groups in total. The second-order valence-electron chi connectivity index (χ2n) is 2.65. The molecule has 0 aliphatic carbocycles. The number of aliphatic hydroxyl groups excluding tert-OH is 1. The lowest BCUT2D eigenvalue weighted by atomic mass is 10.1. The monoisotopic (exact) mass is 145 g/mol. The lowest BCUT2D eigenvalue weighted by Crippen LogP contribution is -2.36. The van der Waals surface area contributed by atoms with E-state index in [4.69, 9.17) is 9.84 Å². The molecular weight excluding hydrogens is 130 g/mol. The summed E-state index contributed by atoms with van der Waals surface area (Å²) in [5.41, 5.74) is 0. The van der Waals surface area contributed by atoms with Gasteiger partial charge in [0.25, 0.3) is 0 Å². The minimum Gasteiger partial charge on any atom is -0.395 e. The Kier molecular flexibility index (Phi) is 3.12. The third-order valence-electron chi connectivity index (χ3n) is 1.89. The summed E-state index contributed by atoms with van der Waals surface area (Å²) in [6.45, 7) is 3.80. The fourth-order valence-electron chi connectivity index (χ4n) is 1.25. The Morgan fingerprint density at radius 1 is 1.70 bits per heavy atom. The molecule has 3 heteroatoms. The first-order valence-corrected chi connectivity index (χ1v) is 3.80. The van der Waals surface area contributed by atoms with Crippen molar-refractivity contribution in [1.82, 2.24) is 5.32 Å². The van der Waals surface area contributed by atoms with Gasteiger partial charge in [-0.3, -0.25) is 0 Å². The second kappa shape index (κ2) is 3.91. The number of nitrogens with one attached hydrogen (secondary N) is 1. The lowest BCUT2D eigenvalue weighted by Gasteiger charge is -2.14. The third kappa shape index (κ3) is 1.94. The van der Waals surface area contributed by atoms with Crippen LogP contribution < -0.4 is 5.32 Å². The fraction of sp³-hybridized carbons (Fsp3) is 1.00. The van der Waals surface area contributed by atoms with E-state index in [2.05, 4.69) is 12.2 Å². The molecule has 0 aromatic carbocycles. The van der Waals surface area contributed by atoms with Crippen molar-refractivity contribution < 1.29 is 9.84 Å². The fourth-order valence-corrected chi connectivity index (χ4v) is 1.25. The first-order chi connectivity index (χ1) is 4.84. The molecular formula is C7H15NO2. The molecule has 60 valence electrons. The summed E-state index contributed by atoms with van der Waals surface area (Å²) in [5.74, 6) is 0. The van der Waals surface area contributed by atoms with Gasteiger partial charge in [-0.05, 0) is 13.3 Å². The maximum absolute atomic E-state index is 8.51. The van der Waals surface area contributed by atoms with Crippen molar-refractivity contribution in [2.24, 2.45) is 0 Å². The van der Waals surface area contributed by atoms with Crippen LogP contribution in [0.1, 0.15) is 13.3 Å². The Morgan fingerprint density at radius 3 is 3.00 bits per heavy atom. The molecule has 10 heavy (non-hydrogen) atoms. The number of hydrogen-bond donors (Lipinski definition) is 2. The predicted molar refractivity (Wildman–Crippen MR) is 38.9 cm³/mol. The van der Waals surface area contributed by atoms with Gasteiger partial charge in [-0.2, -0.15) is 0 Å². The normalized spacial score (nSPS) is 33.0. The molecule has 0 aromatic heterocycles. The zero-order valence-corrected chi connectivity index (χ0v) is 6.34. The van der Waals surface area contributed by atoms with E-state index in [-0.39, 0.29) is 6.61 Å². The Hall–Kier alpha value is -0.120. The van der Waals surface area contributed by atoms with Crippen LogP contribution in [0.2, 0.25) is 0 Å². The average Bonchev–Trinajstić information content (AvgIpc) is 2.31. The average molecular weight is 145 g/mol. The van der Waals surface area contributed by atoms with Gasteiger partial charge in [0.1, 0.15) is 0 Å². The quantitative estimate of drug-likeness (QED) is 0.575.